The largest absolute Gasteiger partial charge is 0.549 e. The number of hydrogen-bond acceptors (Lipinski definition) is 16. The van der Waals surface area contributed by atoms with Gasteiger partial charge < -0.3 is 48.1 Å². The van der Waals surface area contributed by atoms with E-state index in [0.29, 0.717) is 0 Å². The van der Waals surface area contributed by atoms with Gasteiger partial charge in [-0.1, -0.05) is 0 Å². The Hall–Kier alpha value is -3.08. The molecular weight excluding hydrogens is 496 g/mol. The molecular formula is C20H34O16. The molecule has 0 aromatic heterocycles. The zero-order chi connectivity index (χ0) is 27.5. The lowest BCUT2D eigenvalue weighted by Crippen LogP contribution is -2.38. The summed E-state index contributed by atoms with van der Waals surface area (Å²) in [7, 11) is 2.70. The second-order valence-corrected chi connectivity index (χ2v) is 7.47. The first-order chi connectivity index (χ1) is 17.0. The number of aliphatic hydroxyl groups excluding tert-OH is 2. The summed E-state index contributed by atoms with van der Waals surface area (Å²) < 4.78 is 38.1. The van der Waals surface area contributed by atoms with Crippen LogP contribution in [0.5, 0.6) is 0 Å². The monoisotopic (exact) mass is 530 g/mol. The molecule has 0 saturated heterocycles. The lowest BCUT2D eigenvalue weighted by molar-refractivity contribution is -0.218. The molecule has 0 aromatic rings. The number of rotatable bonds is 16. The fourth-order valence-corrected chi connectivity index (χ4v) is 1.70. The molecule has 210 valence electrons. The van der Waals surface area contributed by atoms with E-state index in [4.69, 9.17) is 38.6 Å². The van der Waals surface area contributed by atoms with E-state index < -0.39 is 35.8 Å². The van der Waals surface area contributed by atoms with Crippen LogP contribution in [0.3, 0.4) is 0 Å². The molecule has 0 aliphatic rings. The highest BCUT2D eigenvalue weighted by molar-refractivity contribution is 5.63. The van der Waals surface area contributed by atoms with Gasteiger partial charge in [-0.25, -0.2) is 9.59 Å². The molecule has 2 atom stereocenters. The van der Waals surface area contributed by atoms with E-state index in [-0.39, 0.29) is 65.7 Å². The number of carbonyl (C=O) groups is 4. The van der Waals surface area contributed by atoms with E-state index >= 15 is 0 Å². The fourth-order valence-electron chi connectivity index (χ4n) is 1.70. The van der Waals surface area contributed by atoms with Crippen molar-refractivity contribution in [1.29, 1.82) is 0 Å². The Bertz CT molecular complexity index is 602. The van der Waals surface area contributed by atoms with Gasteiger partial charge in [-0.2, -0.15) is 19.4 Å². The topological polar surface area (TPSA) is 201 Å². The first-order valence-corrected chi connectivity index (χ1v) is 10.6. The smallest absolute Gasteiger partial charge is 0.434 e. The summed E-state index contributed by atoms with van der Waals surface area (Å²) in [4.78, 5) is 53.6. The maximum Gasteiger partial charge on any atom is 0.549 e. The summed E-state index contributed by atoms with van der Waals surface area (Å²) in [6.45, 7) is 1.12. The van der Waals surface area contributed by atoms with Gasteiger partial charge >= 0.3 is 24.6 Å². The SMILES string of the molecule is COC(C)(CO)COC(=O)OCCCOC(=O)OOC(=O)OCCCOC(=O)OCC(C)(CO)OC. The molecule has 0 bridgehead atoms. The van der Waals surface area contributed by atoms with Crippen LogP contribution in [0.15, 0.2) is 0 Å². The van der Waals surface area contributed by atoms with Crippen LogP contribution in [0.25, 0.3) is 0 Å². The standard InChI is InChI=1S/C20H34O16/c1-19(11-21,27-3)13-33-15(23)29-7-5-9-31-17(25)35-36-18(26)32-10-6-8-30-16(24)34-14-20(2,12-22)28-4/h21-22H,5-14H2,1-4H3. The first-order valence-electron chi connectivity index (χ1n) is 10.6. The number of methoxy groups -OCH3 is 2. The Kier molecular flexibility index (Phi) is 16.7. The Morgan fingerprint density at radius 2 is 0.861 bits per heavy atom. The van der Waals surface area contributed by atoms with Crippen LogP contribution in [-0.4, -0.2) is 113 Å². The van der Waals surface area contributed by atoms with Crippen LogP contribution in [0.2, 0.25) is 0 Å². The minimum Gasteiger partial charge on any atom is -0.434 e. The Labute approximate surface area is 207 Å². The normalized spacial score (nSPS) is 13.8. The van der Waals surface area contributed by atoms with Crippen molar-refractivity contribution in [3.8, 4) is 0 Å². The van der Waals surface area contributed by atoms with Crippen LogP contribution >= 0.6 is 0 Å². The van der Waals surface area contributed by atoms with Crippen LogP contribution in [0.4, 0.5) is 19.2 Å². The highest BCUT2D eigenvalue weighted by atomic mass is 17.3. The average molecular weight is 530 g/mol. The van der Waals surface area contributed by atoms with Gasteiger partial charge in [0.1, 0.15) is 24.4 Å². The molecule has 16 nitrogen and oxygen atoms in total. The van der Waals surface area contributed by atoms with Crippen LogP contribution in [0, 0.1) is 0 Å². The van der Waals surface area contributed by atoms with Gasteiger partial charge in [0.15, 0.2) is 0 Å². The second-order valence-electron chi connectivity index (χ2n) is 7.47. The highest BCUT2D eigenvalue weighted by Crippen LogP contribution is 2.09. The Balaban J connectivity index is 3.74. The molecule has 0 fully saturated rings. The number of hydrogen-bond donors (Lipinski definition) is 2. The lowest BCUT2D eigenvalue weighted by Gasteiger charge is -2.24. The fraction of sp³-hybridized carbons (Fsp3) is 0.800. The van der Waals surface area contributed by atoms with E-state index in [1.807, 2.05) is 0 Å². The highest BCUT2D eigenvalue weighted by Gasteiger charge is 2.26. The second kappa shape index (κ2) is 18.2. The predicted molar refractivity (Wildman–Crippen MR) is 114 cm³/mol. The minimum absolute atomic E-state index is 0.0866. The van der Waals surface area contributed by atoms with Crippen LogP contribution in [-0.2, 0) is 47.7 Å². The van der Waals surface area contributed by atoms with E-state index in [1.165, 1.54) is 28.1 Å². The summed E-state index contributed by atoms with van der Waals surface area (Å²) in [5.41, 5.74) is -2.10. The zero-order valence-electron chi connectivity index (χ0n) is 20.7. The van der Waals surface area contributed by atoms with Gasteiger partial charge in [0.25, 0.3) is 0 Å². The van der Waals surface area contributed by atoms with Crippen molar-refractivity contribution in [1.82, 2.24) is 0 Å². The molecule has 0 aromatic carbocycles. The minimum atomic E-state index is -1.34. The van der Waals surface area contributed by atoms with Crippen molar-refractivity contribution in [2.45, 2.75) is 37.9 Å². The maximum atomic E-state index is 11.4. The Morgan fingerprint density at radius 3 is 1.14 bits per heavy atom. The number of ether oxygens (including phenoxy) is 8. The molecule has 16 heteroatoms. The third-order valence-corrected chi connectivity index (χ3v) is 4.28. The zero-order valence-corrected chi connectivity index (χ0v) is 20.7. The number of carbonyl (C=O) groups excluding carboxylic acids is 4. The molecule has 0 heterocycles. The predicted octanol–water partition coefficient (Wildman–Crippen LogP) is 1.09. The maximum absolute atomic E-state index is 11.4. The molecule has 0 amide bonds. The van der Waals surface area contributed by atoms with Gasteiger partial charge in [-0.3, -0.25) is 0 Å². The van der Waals surface area contributed by atoms with E-state index in [9.17, 15) is 19.2 Å². The van der Waals surface area contributed by atoms with E-state index in [0.717, 1.165) is 0 Å². The molecule has 0 spiro atoms. The van der Waals surface area contributed by atoms with Crippen molar-refractivity contribution < 1.29 is 77.1 Å². The summed E-state index contributed by atoms with van der Waals surface area (Å²) in [5.74, 6) is 0. The van der Waals surface area contributed by atoms with Crippen LogP contribution in [0.1, 0.15) is 26.7 Å². The van der Waals surface area contributed by atoms with Crippen molar-refractivity contribution in [3.63, 3.8) is 0 Å². The molecule has 0 rings (SSSR count). The van der Waals surface area contributed by atoms with Crippen LogP contribution < -0.4 is 0 Å². The molecule has 0 radical (unpaired) electrons. The Morgan fingerprint density at radius 1 is 0.556 bits per heavy atom. The lowest BCUT2D eigenvalue weighted by atomic mass is 10.1. The third kappa shape index (κ3) is 15.8. The quantitative estimate of drug-likeness (QED) is 0.0942. The summed E-state index contributed by atoms with van der Waals surface area (Å²) in [6, 6.07) is 0. The number of aliphatic hydroxyl groups is 2. The van der Waals surface area contributed by atoms with Crippen molar-refractivity contribution in [2.24, 2.45) is 0 Å². The van der Waals surface area contributed by atoms with E-state index in [2.05, 4.69) is 19.2 Å². The van der Waals surface area contributed by atoms with Gasteiger partial charge in [0, 0.05) is 27.1 Å². The molecule has 0 saturated carbocycles. The van der Waals surface area contributed by atoms with Crippen molar-refractivity contribution in [3.05, 3.63) is 0 Å². The average Bonchev–Trinajstić information content (AvgIpc) is 2.88. The van der Waals surface area contributed by atoms with Gasteiger partial charge in [-0.15, -0.1) is 0 Å². The molecule has 36 heavy (non-hydrogen) atoms. The van der Waals surface area contributed by atoms with Gasteiger partial charge in [0.2, 0.25) is 0 Å². The van der Waals surface area contributed by atoms with Gasteiger partial charge in [0.05, 0.1) is 39.6 Å². The third-order valence-electron chi connectivity index (χ3n) is 4.28. The molecule has 0 aliphatic heterocycles. The first kappa shape index (κ1) is 32.9. The van der Waals surface area contributed by atoms with Gasteiger partial charge in [-0.05, 0) is 13.8 Å². The molecule has 0 aliphatic carbocycles. The summed E-state index contributed by atoms with van der Waals surface area (Å²) >= 11 is 0. The molecule has 2 N–H and O–H groups in total. The van der Waals surface area contributed by atoms with Crippen molar-refractivity contribution in [2.75, 3.05) is 67.1 Å². The summed E-state index contributed by atoms with van der Waals surface area (Å²) in [6.07, 6.45) is -4.51. The summed E-state index contributed by atoms with van der Waals surface area (Å²) in [5, 5.41) is 18.2. The van der Waals surface area contributed by atoms with Crippen molar-refractivity contribution >= 4 is 24.6 Å². The molecule has 2 unspecified atom stereocenters. The van der Waals surface area contributed by atoms with E-state index in [1.54, 1.807) is 0 Å².